The molecule has 0 radical (unpaired) electrons. The van der Waals surface area contributed by atoms with Gasteiger partial charge in [-0.05, 0) is 69.1 Å². The summed E-state index contributed by atoms with van der Waals surface area (Å²) in [6.07, 6.45) is 15.4. The number of nitrogens with zero attached hydrogens (tertiary/aromatic N) is 2. The molecule has 6 rings (SSSR count). The lowest BCUT2D eigenvalue weighted by Crippen LogP contribution is -2.49. The summed E-state index contributed by atoms with van der Waals surface area (Å²) in [7, 11) is 0. The Bertz CT molecular complexity index is 491. The van der Waals surface area contributed by atoms with Crippen molar-refractivity contribution in [3.05, 3.63) is 11.6 Å². The average Bonchev–Trinajstić information content (AvgIpc) is 2.97. The van der Waals surface area contributed by atoms with E-state index in [4.69, 9.17) is 10.1 Å². The van der Waals surface area contributed by atoms with Crippen LogP contribution in [-0.4, -0.2) is 15.2 Å². The average molecular weight is 285 g/mol. The van der Waals surface area contributed by atoms with E-state index in [9.17, 15) is 0 Å². The fourth-order valence-corrected chi connectivity index (χ4v) is 6.45. The van der Waals surface area contributed by atoms with Crippen molar-refractivity contribution in [2.24, 2.45) is 17.8 Å². The normalized spacial score (nSPS) is 42.6. The summed E-state index contributed by atoms with van der Waals surface area (Å²) < 4.78 is 0. The standard InChI is InChI=1S/C18H27N3/c1-2-4-15(5-3-1)16-19-17(21-20-16)18-9-12-6-13(10-18)8-14(7-12)11-18/h12-15H,1-11H2,(H,19,20,21). The van der Waals surface area contributed by atoms with Crippen LogP contribution in [0.25, 0.3) is 0 Å². The molecule has 1 heterocycles. The topological polar surface area (TPSA) is 41.6 Å². The van der Waals surface area contributed by atoms with Crippen LogP contribution in [0.5, 0.6) is 0 Å². The van der Waals surface area contributed by atoms with E-state index >= 15 is 0 Å². The summed E-state index contributed by atoms with van der Waals surface area (Å²) in [6.45, 7) is 0. The Morgan fingerprint density at radius 1 is 0.857 bits per heavy atom. The van der Waals surface area contributed by atoms with Crippen molar-refractivity contribution in [3.63, 3.8) is 0 Å². The van der Waals surface area contributed by atoms with E-state index in [1.807, 2.05) is 0 Å². The van der Waals surface area contributed by atoms with E-state index in [1.54, 1.807) is 0 Å². The minimum absolute atomic E-state index is 0.359. The van der Waals surface area contributed by atoms with Gasteiger partial charge in [-0.3, -0.25) is 5.10 Å². The number of aromatic amines is 1. The zero-order chi connectivity index (χ0) is 13.9. The second kappa shape index (κ2) is 4.57. The highest BCUT2D eigenvalue weighted by Gasteiger charge is 2.53. The quantitative estimate of drug-likeness (QED) is 0.879. The first-order chi connectivity index (χ1) is 10.3. The maximum atomic E-state index is 5.06. The van der Waals surface area contributed by atoms with Gasteiger partial charge in [0.15, 0.2) is 5.82 Å². The third-order valence-electron chi connectivity index (χ3n) is 7.01. The number of hydrogen-bond acceptors (Lipinski definition) is 2. The number of hydrogen-bond donors (Lipinski definition) is 1. The zero-order valence-electron chi connectivity index (χ0n) is 13.0. The van der Waals surface area contributed by atoms with Crippen LogP contribution in [0.3, 0.4) is 0 Å². The van der Waals surface area contributed by atoms with E-state index in [1.165, 1.54) is 82.3 Å². The molecule has 0 atom stereocenters. The molecule has 4 bridgehead atoms. The molecule has 0 saturated heterocycles. The summed E-state index contributed by atoms with van der Waals surface area (Å²) in [5, 5.41) is 8.08. The van der Waals surface area contributed by atoms with Gasteiger partial charge in [-0.15, -0.1) is 0 Å². The molecule has 0 amide bonds. The molecule has 0 spiro atoms. The van der Waals surface area contributed by atoms with Gasteiger partial charge in [0.1, 0.15) is 5.82 Å². The molecule has 114 valence electrons. The molecule has 0 unspecified atom stereocenters. The summed E-state index contributed by atoms with van der Waals surface area (Å²) in [4.78, 5) is 5.06. The maximum absolute atomic E-state index is 5.06. The lowest BCUT2D eigenvalue weighted by molar-refractivity contribution is -0.00926. The summed E-state index contributed by atoms with van der Waals surface area (Å²) in [6, 6.07) is 0. The maximum Gasteiger partial charge on any atom is 0.156 e. The predicted molar refractivity (Wildman–Crippen MR) is 82.1 cm³/mol. The molecule has 1 N–H and O–H groups in total. The van der Waals surface area contributed by atoms with Crippen molar-refractivity contribution in [2.75, 3.05) is 0 Å². The van der Waals surface area contributed by atoms with E-state index < -0.39 is 0 Å². The van der Waals surface area contributed by atoms with Gasteiger partial charge in [0.2, 0.25) is 0 Å². The highest BCUT2D eigenvalue weighted by atomic mass is 15.2. The van der Waals surface area contributed by atoms with E-state index in [2.05, 4.69) is 5.10 Å². The van der Waals surface area contributed by atoms with Gasteiger partial charge in [0.05, 0.1) is 0 Å². The number of H-pyrrole nitrogens is 1. The Labute approximate surface area is 127 Å². The van der Waals surface area contributed by atoms with Crippen molar-refractivity contribution < 1.29 is 0 Å². The van der Waals surface area contributed by atoms with Gasteiger partial charge in [0.25, 0.3) is 0 Å². The monoisotopic (exact) mass is 285 g/mol. The van der Waals surface area contributed by atoms with E-state index in [-0.39, 0.29) is 0 Å². The number of aromatic nitrogens is 3. The minimum atomic E-state index is 0.359. The van der Waals surface area contributed by atoms with Crippen LogP contribution in [0.2, 0.25) is 0 Å². The number of rotatable bonds is 2. The molecule has 1 aromatic rings. The predicted octanol–water partition coefficient (Wildman–Crippen LogP) is 4.32. The van der Waals surface area contributed by atoms with Crippen molar-refractivity contribution in [2.45, 2.75) is 82.0 Å². The van der Waals surface area contributed by atoms with Gasteiger partial charge < -0.3 is 0 Å². The Balaban J connectivity index is 1.44. The molecule has 1 aromatic heterocycles. The van der Waals surface area contributed by atoms with Crippen molar-refractivity contribution in [3.8, 4) is 0 Å². The van der Waals surface area contributed by atoms with Crippen LogP contribution in [0.4, 0.5) is 0 Å². The lowest BCUT2D eigenvalue weighted by atomic mass is 9.49. The first-order valence-corrected chi connectivity index (χ1v) is 9.23. The molecular formula is C18H27N3. The molecule has 5 fully saturated rings. The molecule has 3 nitrogen and oxygen atoms in total. The molecule has 5 aliphatic rings. The van der Waals surface area contributed by atoms with Crippen LogP contribution in [0.15, 0.2) is 0 Å². The lowest BCUT2D eigenvalue weighted by Gasteiger charge is -2.55. The van der Waals surface area contributed by atoms with Crippen LogP contribution in [0.1, 0.15) is 88.2 Å². The van der Waals surface area contributed by atoms with Crippen LogP contribution >= 0.6 is 0 Å². The number of nitrogens with one attached hydrogen (secondary N) is 1. The first kappa shape index (κ1) is 12.7. The van der Waals surface area contributed by atoms with Crippen LogP contribution in [0, 0.1) is 17.8 Å². The molecule has 21 heavy (non-hydrogen) atoms. The van der Waals surface area contributed by atoms with Crippen LogP contribution in [-0.2, 0) is 5.41 Å². The second-order valence-corrected chi connectivity index (χ2v) is 8.58. The van der Waals surface area contributed by atoms with E-state index in [0.717, 1.165) is 17.8 Å². The largest absolute Gasteiger partial charge is 0.263 e. The Morgan fingerprint density at radius 3 is 2.10 bits per heavy atom. The highest BCUT2D eigenvalue weighted by Crippen LogP contribution is 2.60. The van der Waals surface area contributed by atoms with E-state index in [0.29, 0.717) is 11.3 Å². The summed E-state index contributed by atoms with van der Waals surface area (Å²) >= 11 is 0. The SMILES string of the molecule is C1CCC(c2nc(C34CC5CC(CC(C5)C3)C4)n[nH]2)CC1. The van der Waals surface area contributed by atoms with Crippen LogP contribution < -0.4 is 0 Å². The van der Waals surface area contributed by atoms with Gasteiger partial charge in [-0.2, -0.15) is 5.10 Å². The van der Waals surface area contributed by atoms with Gasteiger partial charge in [-0.25, -0.2) is 4.98 Å². The second-order valence-electron chi connectivity index (χ2n) is 8.58. The Morgan fingerprint density at radius 2 is 1.48 bits per heavy atom. The van der Waals surface area contributed by atoms with Crippen molar-refractivity contribution in [1.29, 1.82) is 0 Å². The Hall–Kier alpha value is -0.860. The molecule has 0 aromatic carbocycles. The smallest absolute Gasteiger partial charge is 0.156 e. The summed E-state index contributed by atoms with van der Waals surface area (Å²) in [5.41, 5.74) is 0.359. The zero-order valence-corrected chi connectivity index (χ0v) is 13.0. The first-order valence-electron chi connectivity index (χ1n) is 9.23. The van der Waals surface area contributed by atoms with Crippen molar-refractivity contribution in [1.82, 2.24) is 15.2 Å². The third kappa shape index (κ3) is 1.99. The molecular weight excluding hydrogens is 258 g/mol. The highest BCUT2D eigenvalue weighted by molar-refractivity contribution is 5.18. The third-order valence-corrected chi connectivity index (χ3v) is 7.01. The summed E-state index contributed by atoms with van der Waals surface area (Å²) in [5.74, 6) is 6.00. The van der Waals surface area contributed by atoms with Gasteiger partial charge in [-0.1, -0.05) is 19.3 Å². The molecule has 3 heteroatoms. The van der Waals surface area contributed by atoms with Gasteiger partial charge >= 0.3 is 0 Å². The molecule has 5 saturated carbocycles. The minimum Gasteiger partial charge on any atom is -0.263 e. The fourth-order valence-electron chi connectivity index (χ4n) is 6.45. The molecule has 5 aliphatic carbocycles. The molecule has 0 aliphatic heterocycles. The van der Waals surface area contributed by atoms with Gasteiger partial charge in [0, 0.05) is 11.3 Å². The fraction of sp³-hybridized carbons (Fsp3) is 0.889. The van der Waals surface area contributed by atoms with Crippen molar-refractivity contribution >= 4 is 0 Å². The Kier molecular flexibility index (Phi) is 2.75.